The van der Waals surface area contributed by atoms with Gasteiger partial charge in [0.05, 0.1) is 16.8 Å². The van der Waals surface area contributed by atoms with Gasteiger partial charge in [-0.25, -0.2) is 4.79 Å². The molecule has 0 unspecified atom stereocenters. The maximum absolute atomic E-state index is 13.1. The van der Waals surface area contributed by atoms with Crippen molar-refractivity contribution in [1.82, 2.24) is 10.3 Å². The van der Waals surface area contributed by atoms with E-state index in [0.29, 0.717) is 5.56 Å². The summed E-state index contributed by atoms with van der Waals surface area (Å²) in [6.07, 6.45) is 13.1. The van der Waals surface area contributed by atoms with Crippen molar-refractivity contribution >= 4 is 28.8 Å². The van der Waals surface area contributed by atoms with Crippen molar-refractivity contribution in [3.8, 4) is 0 Å². The maximum atomic E-state index is 13.1. The minimum Gasteiger partial charge on any atom is -0.459 e. The fourth-order valence-corrected chi connectivity index (χ4v) is 4.27. The zero-order valence-electron chi connectivity index (χ0n) is 21.4. The largest absolute Gasteiger partial charge is 0.459 e. The summed E-state index contributed by atoms with van der Waals surface area (Å²) in [6, 6.07) is 7.77. The number of pyridine rings is 1. The van der Waals surface area contributed by atoms with Crippen LogP contribution in [0.1, 0.15) is 69.3 Å². The average molecular weight is 472 g/mol. The van der Waals surface area contributed by atoms with E-state index < -0.39 is 0 Å². The highest BCUT2D eigenvalue weighted by Gasteiger charge is 2.21. The molecule has 1 N–H and O–H groups in total. The van der Waals surface area contributed by atoms with Gasteiger partial charge in [-0.2, -0.15) is 0 Å². The number of fused-ring (bicyclic) bond motifs is 1. The highest BCUT2D eigenvalue weighted by molar-refractivity contribution is 6.04. The molecular weight excluding hydrogens is 434 g/mol. The van der Waals surface area contributed by atoms with Gasteiger partial charge in [-0.05, 0) is 82.5 Å². The Kier molecular flexibility index (Phi) is 9.74. The molecule has 1 saturated heterocycles. The Morgan fingerprint density at radius 3 is 2.71 bits per heavy atom. The van der Waals surface area contributed by atoms with Crippen LogP contribution < -0.4 is 5.32 Å². The first-order valence-corrected chi connectivity index (χ1v) is 12.5. The van der Waals surface area contributed by atoms with Crippen molar-refractivity contribution in [1.29, 1.82) is 0 Å². The summed E-state index contributed by atoms with van der Waals surface area (Å²) >= 11 is 0. The Balaban J connectivity index is 2.08. The van der Waals surface area contributed by atoms with Crippen LogP contribution in [0.3, 0.4) is 0 Å². The predicted molar refractivity (Wildman–Crippen MR) is 147 cm³/mol. The van der Waals surface area contributed by atoms with E-state index in [1.807, 2.05) is 50.4 Å². The summed E-state index contributed by atoms with van der Waals surface area (Å²) in [4.78, 5) is 22.4. The number of nitrogens with one attached hydrogen (secondary N) is 1. The number of esters is 1. The van der Waals surface area contributed by atoms with Gasteiger partial charge in [-0.15, -0.1) is 0 Å². The molecule has 0 radical (unpaired) electrons. The molecule has 0 aliphatic carbocycles. The standard InChI is InChI=1S/C30H37N3O2/c1-6-9-25(22(5)11-8-10-21(3)4)29(32-7-2)23-12-13-28-27(20-23)26(16-19-33-28)30(34)35-24-14-17-31-18-15-24/h7-8,10-13,16,19-20,24,31H,3,6,9,14-15,17-18H2,1-2,4-5H3/b10-8-,22-11+,29-25+,32-7?. The number of rotatable bonds is 9. The molecule has 1 aliphatic rings. The average Bonchev–Trinajstić information content (AvgIpc) is 2.85. The van der Waals surface area contributed by atoms with Crippen molar-refractivity contribution in [2.24, 2.45) is 4.99 Å². The molecule has 184 valence electrons. The number of benzene rings is 1. The minimum atomic E-state index is -0.291. The second-order valence-corrected chi connectivity index (χ2v) is 8.96. The molecule has 1 aromatic carbocycles. The van der Waals surface area contributed by atoms with E-state index in [4.69, 9.17) is 9.73 Å². The van der Waals surface area contributed by atoms with Crippen LogP contribution in [-0.2, 0) is 4.74 Å². The first kappa shape index (κ1) is 26.3. The first-order valence-electron chi connectivity index (χ1n) is 12.5. The van der Waals surface area contributed by atoms with Gasteiger partial charge in [0.15, 0.2) is 0 Å². The third-order valence-electron chi connectivity index (χ3n) is 6.04. The lowest BCUT2D eigenvalue weighted by molar-refractivity contribution is 0.0232. The number of carbonyl (C=O) groups is 1. The Morgan fingerprint density at radius 1 is 1.26 bits per heavy atom. The predicted octanol–water partition coefficient (Wildman–Crippen LogP) is 6.82. The molecule has 5 heteroatoms. The molecule has 0 saturated carbocycles. The van der Waals surface area contributed by atoms with E-state index in [9.17, 15) is 4.79 Å². The van der Waals surface area contributed by atoms with Crippen molar-refractivity contribution < 1.29 is 9.53 Å². The van der Waals surface area contributed by atoms with E-state index >= 15 is 0 Å². The zero-order chi connectivity index (χ0) is 25.2. The Morgan fingerprint density at radius 2 is 2.03 bits per heavy atom. The van der Waals surface area contributed by atoms with Crippen molar-refractivity contribution in [3.63, 3.8) is 0 Å². The van der Waals surface area contributed by atoms with Crippen LogP contribution >= 0.6 is 0 Å². The Bertz CT molecular complexity index is 1180. The molecule has 35 heavy (non-hydrogen) atoms. The topological polar surface area (TPSA) is 63.6 Å². The summed E-state index contributed by atoms with van der Waals surface area (Å²) in [6.45, 7) is 13.9. The van der Waals surface area contributed by atoms with Crippen LogP contribution in [0.25, 0.3) is 16.6 Å². The van der Waals surface area contributed by atoms with Gasteiger partial charge in [0.2, 0.25) is 0 Å². The van der Waals surface area contributed by atoms with Crippen molar-refractivity contribution in [3.05, 3.63) is 83.1 Å². The molecule has 0 amide bonds. The van der Waals surface area contributed by atoms with Gasteiger partial charge in [-0.1, -0.05) is 49.8 Å². The molecule has 1 fully saturated rings. The van der Waals surface area contributed by atoms with Crippen molar-refractivity contribution in [2.75, 3.05) is 13.1 Å². The van der Waals surface area contributed by atoms with Gasteiger partial charge in [0.25, 0.3) is 0 Å². The van der Waals surface area contributed by atoms with Crippen LogP contribution in [0, 0.1) is 0 Å². The summed E-state index contributed by atoms with van der Waals surface area (Å²) in [5, 5.41) is 4.09. The van der Waals surface area contributed by atoms with E-state index in [0.717, 1.165) is 72.1 Å². The van der Waals surface area contributed by atoms with Gasteiger partial charge in [0.1, 0.15) is 6.10 Å². The molecule has 0 atom stereocenters. The fraction of sp³-hybridized carbons (Fsp3) is 0.367. The van der Waals surface area contributed by atoms with E-state index in [1.165, 1.54) is 5.57 Å². The lowest BCUT2D eigenvalue weighted by Gasteiger charge is -2.23. The van der Waals surface area contributed by atoms with Gasteiger partial charge < -0.3 is 10.1 Å². The molecular formula is C30H37N3O2. The molecule has 1 aliphatic heterocycles. The highest BCUT2D eigenvalue weighted by atomic mass is 16.5. The van der Waals surface area contributed by atoms with Gasteiger partial charge >= 0.3 is 5.97 Å². The highest BCUT2D eigenvalue weighted by Crippen LogP contribution is 2.31. The third kappa shape index (κ3) is 7.09. The second kappa shape index (κ2) is 13.0. The van der Waals surface area contributed by atoms with Crippen LogP contribution in [0.15, 0.2) is 77.0 Å². The normalized spacial score (nSPS) is 16.2. The maximum Gasteiger partial charge on any atom is 0.339 e. The number of hydrogen-bond acceptors (Lipinski definition) is 5. The van der Waals surface area contributed by atoms with Crippen LogP contribution in [0.5, 0.6) is 0 Å². The fourth-order valence-electron chi connectivity index (χ4n) is 4.27. The molecule has 2 aromatic rings. The smallest absolute Gasteiger partial charge is 0.339 e. The number of carbonyl (C=O) groups excluding carboxylic acids is 1. The molecule has 0 bridgehead atoms. The van der Waals surface area contributed by atoms with Gasteiger partial charge in [-0.3, -0.25) is 9.98 Å². The quantitative estimate of drug-likeness (QED) is 0.247. The molecule has 0 spiro atoms. The second-order valence-electron chi connectivity index (χ2n) is 8.96. The van der Waals surface area contributed by atoms with Crippen LogP contribution in [0.4, 0.5) is 0 Å². The molecule has 1 aromatic heterocycles. The lowest BCUT2D eigenvalue weighted by atomic mass is 9.95. The summed E-state index contributed by atoms with van der Waals surface area (Å²) in [5.41, 5.74) is 6.52. The van der Waals surface area contributed by atoms with Crippen LogP contribution in [0.2, 0.25) is 0 Å². The first-order chi connectivity index (χ1) is 16.9. The SMILES string of the molecule is C=C(C)\C=C/C=C(C)/C(CCC)=C(/N=CC)c1ccc2nccc(C(=O)OC3CCNCC3)c2c1. The summed E-state index contributed by atoms with van der Waals surface area (Å²) in [5.74, 6) is -0.291. The number of hydrogen-bond donors (Lipinski definition) is 1. The number of aliphatic imine (C=N–C) groups is 1. The van der Waals surface area contributed by atoms with E-state index in [1.54, 1.807) is 12.3 Å². The number of allylic oxidation sites excluding steroid dienone is 6. The molecule has 3 rings (SSSR count). The number of piperidine rings is 1. The Hall–Kier alpha value is -3.31. The van der Waals surface area contributed by atoms with E-state index in [-0.39, 0.29) is 12.1 Å². The van der Waals surface area contributed by atoms with Crippen LogP contribution in [-0.4, -0.2) is 36.4 Å². The monoisotopic (exact) mass is 471 g/mol. The van der Waals surface area contributed by atoms with Crippen molar-refractivity contribution in [2.45, 2.75) is 59.5 Å². The summed E-state index contributed by atoms with van der Waals surface area (Å²) < 4.78 is 5.85. The third-order valence-corrected chi connectivity index (χ3v) is 6.04. The minimum absolute atomic E-state index is 0.0495. The summed E-state index contributed by atoms with van der Waals surface area (Å²) in [7, 11) is 0. The van der Waals surface area contributed by atoms with E-state index in [2.05, 4.69) is 36.8 Å². The zero-order valence-corrected chi connectivity index (χ0v) is 21.4. The molecule has 2 heterocycles. The Labute approximate surface area is 209 Å². The molecule has 5 nitrogen and oxygen atoms in total. The lowest BCUT2D eigenvalue weighted by Crippen LogP contribution is -2.33. The number of aromatic nitrogens is 1. The number of ether oxygens (including phenoxy) is 1. The number of nitrogens with zero attached hydrogens (tertiary/aromatic N) is 2. The van der Waals surface area contributed by atoms with Gasteiger partial charge in [0, 0.05) is 23.4 Å².